The van der Waals surface area contributed by atoms with Gasteiger partial charge in [-0.05, 0) is 64.2 Å². The largest absolute Gasteiger partial charge is 0.463 e. The van der Waals surface area contributed by atoms with Crippen LogP contribution in [0.25, 0.3) is 0 Å². The van der Waals surface area contributed by atoms with Gasteiger partial charge in [0.15, 0.2) is 12.4 Å². The molecule has 3 rings (SSSR count). The molecule has 0 saturated carbocycles. The van der Waals surface area contributed by atoms with Crippen molar-refractivity contribution in [2.75, 3.05) is 19.8 Å². The number of carbonyl (C=O) groups is 4. The van der Waals surface area contributed by atoms with Gasteiger partial charge in [-0.2, -0.15) is 0 Å². The summed E-state index contributed by atoms with van der Waals surface area (Å²) >= 11 is 0. The smallest absolute Gasteiger partial charge is 0.337 e. The fraction of sp³-hybridized carbons (Fsp3) is 0.440. The normalized spacial score (nSPS) is 15.6. The second kappa shape index (κ2) is 10.5. The highest BCUT2D eigenvalue weighted by molar-refractivity contribution is 6.06. The van der Waals surface area contributed by atoms with Crippen LogP contribution in [0.3, 0.4) is 0 Å². The summed E-state index contributed by atoms with van der Waals surface area (Å²) in [7, 11) is 0. The van der Waals surface area contributed by atoms with Crippen LogP contribution in [0.4, 0.5) is 0 Å². The lowest BCUT2D eigenvalue weighted by Gasteiger charge is -2.28. The first-order valence-electron chi connectivity index (χ1n) is 11.1. The second-order valence-electron chi connectivity index (χ2n) is 7.94. The van der Waals surface area contributed by atoms with Crippen molar-refractivity contribution in [2.24, 2.45) is 5.92 Å². The molecule has 33 heavy (non-hydrogen) atoms. The van der Waals surface area contributed by atoms with Crippen LogP contribution in [-0.4, -0.2) is 43.5 Å². The van der Waals surface area contributed by atoms with Crippen LogP contribution in [0, 0.1) is 5.92 Å². The molecule has 0 radical (unpaired) electrons. The molecule has 1 aromatic carbocycles. The number of Topliss-reactive ketones (excluding diaryl/α,β-unsaturated/α-hetero) is 1. The second-order valence-corrected chi connectivity index (χ2v) is 7.94. The minimum Gasteiger partial charge on any atom is -0.463 e. The summed E-state index contributed by atoms with van der Waals surface area (Å²) in [6, 6.07) is 5.50. The molecule has 176 valence electrons. The fourth-order valence-electron chi connectivity index (χ4n) is 4.24. The number of hydrogen-bond donors (Lipinski definition) is 1. The van der Waals surface area contributed by atoms with Crippen molar-refractivity contribution >= 4 is 23.7 Å². The van der Waals surface area contributed by atoms with E-state index >= 15 is 0 Å². The predicted octanol–water partition coefficient (Wildman–Crippen LogP) is 2.79. The van der Waals surface area contributed by atoms with Crippen molar-refractivity contribution in [1.82, 2.24) is 5.32 Å². The van der Waals surface area contributed by atoms with E-state index in [0.717, 1.165) is 24.8 Å². The molecule has 0 bridgehead atoms. The number of dihydropyridines is 1. The maximum Gasteiger partial charge on any atom is 0.337 e. The standard InChI is InChI=1S/C25H29NO7/c1-5-31-23(28)20-14(3)26-15(4)21(24(29)32-6-2)22(20)25(30)33-13-19(27)18-11-10-16-8-7-9-17(16)12-18/h10-12,22,26H,5-9,13H2,1-4H3. The molecule has 0 atom stereocenters. The number of hydrogen-bond acceptors (Lipinski definition) is 8. The Hall–Kier alpha value is -3.42. The Morgan fingerprint density at radius 2 is 1.45 bits per heavy atom. The van der Waals surface area contributed by atoms with E-state index in [4.69, 9.17) is 14.2 Å². The van der Waals surface area contributed by atoms with Gasteiger partial charge in [-0.25, -0.2) is 9.59 Å². The summed E-state index contributed by atoms with van der Waals surface area (Å²) in [4.78, 5) is 51.2. The van der Waals surface area contributed by atoms with Crippen LogP contribution in [0.2, 0.25) is 0 Å². The lowest BCUT2D eigenvalue weighted by atomic mass is 9.85. The number of benzene rings is 1. The quantitative estimate of drug-likeness (QED) is 0.362. The van der Waals surface area contributed by atoms with E-state index in [-0.39, 0.29) is 30.1 Å². The van der Waals surface area contributed by atoms with Crippen molar-refractivity contribution < 1.29 is 33.4 Å². The molecule has 1 aromatic rings. The molecule has 0 unspecified atom stereocenters. The molecule has 0 aromatic heterocycles. The minimum atomic E-state index is -1.36. The summed E-state index contributed by atoms with van der Waals surface area (Å²) in [5.41, 5.74) is 3.48. The number of carbonyl (C=O) groups excluding carboxylic acids is 4. The van der Waals surface area contributed by atoms with Gasteiger partial charge in [0.05, 0.1) is 24.4 Å². The van der Waals surface area contributed by atoms with E-state index in [1.165, 1.54) is 5.56 Å². The summed E-state index contributed by atoms with van der Waals surface area (Å²) in [6.45, 7) is 6.16. The average molecular weight is 456 g/mol. The van der Waals surface area contributed by atoms with Gasteiger partial charge in [0.1, 0.15) is 5.92 Å². The lowest BCUT2D eigenvalue weighted by molar-refractivity contribution is -0.151. The maximum absolute atomic E-state index is 13.2. The molecule has 8 heteroatoms. The molecule has 0 amide bonds. The van der Waals surface area contributed by atoms with Crippen molar-refractivity contribution in [3.63, 3.8) is 0 Å². The number of allylic oxidation sites excluding steroid dienone is 2. The summed E-state index contributed by atoms with van der Waals surface area (Å²) in [5, 5.41) is 2.94. The van der Waals surface area contributed by atoms with E-state index < -0.39 is 30.4 Å². The lowest BCUT2D eigenvalue weighted by Crippen LogP contribution is -2.38. The van der Waals surface area contributed by atoms with Gasteiger partial charge in [0.2, 0.25) is 0 Å². The Bertz CT molecular complexity index is 1010. The number of rotatable bonds is 8. The minimum absolute atomic E-state index is 0.0412. The van der Waals surface area contributed by atoms with Crippen LogP contribution in [0.5, 0.6) is 0 Å². The highest BCUT2D eigenvalue weighted by atomic mass is 16.5. The third kappa shape index (κ3) is 5.16. The molecular formula is C25H29NO7. The summed E-state index contributed by atoms with van der Waals surface area (Å²) < 4.78 is 15.5. The Morgan fingerprint density at radius 3 is 2.03 bits per heavy atom. The van der Waals surface area contributed by atoms with Gasteiger partial charge >= 0.3 is 17.9 Å². The topological polar surface area (TPSA) is 108 Å². The van der Waals surface area contributed by atoms with Gasteiger partial charge in [0.25, 0.3) is 0 Å². The first-order valence-corrected chi connectivity index (χ1v) is 11.1. The highest BCUT2D eigenvalue weighted by Gasteiger charge is 2.42. The van der Waals surface area contributed by atoms with Crippen LogP contribution >= 0.6 is 0 Å². The first kappa shape index (κ1) is 24.2. The first-order chi connectivity index (χ1) is 15.8. The molecule has 1 N–H and O–H groups in total. The zero-order valence-corrected chi connectivity index (χ0v) is 19.4. The van der Waals surface area contributed by atoms with Crippen LogP contribution in [-0.2, 0) is 41.4 Å². The van der Waals surface area contributed by atoms with Crippen LogP contribution in [0.15, 0.2) is 40.7 Å². The monoisotopic (exact) mass is 455 g/mol. The number of esters is 3. The highest BCUT2D eigenvalue weighted by Crippen LogP contribution is 2.32. The third-order valence-electron chi connectivity index (χ3n) is 5.75. The van der Waals surface area contributed by atoms with Gasteiger partial charge in [-0.1, -0.05) is 12.1 Å². The number of aryl methyl sites for hydroxylation is 2. The molecule has 2 aliphatic rings. The van der Waals surface area contributed by atoms with Crippen molar-refractivity contribution in [3.05, 3.63) is 57.4 Å². The molecule has 0 spiro atoms. The summed E-state index contributed by atoms with van der Waals surface area (Å²) in [5.74, 6) is -4.11. The molecule has 0 fully saturated rings. The van der Waals surface area contributed by atoms with Crippen LogP contribution in [0.1, 0.15) is 55.6 Å². The van der Waals surface area contributed by atoms with Crippen molar-refractivity contribution in [2.45, 2.75) is 47.0 Å². The Kier molecular flexibility index (Phi) is 7.68. The van der Waals surface area contributed by atoms with Crippen LogP contribution < -0.4 is 5.32 Å². The molecular weight excluding hydrogens is 426 g/mol. The molecule has 0 saturated heterocycles. The van der Waals surface area contributed by atoms with E-state index in [0.29, 0.717) is 17.0 Å². The Labute approximate surface area is 193 Å². The van der Waals surface area contributed by atoms with Gasteiger partial charge < -0.3 is 19.5 Å². The predicted molar refractivity (Wildman–Crippen MR) is 119 cm³/mol. The zero-order chi connectivity index (χ0) is 24.1. The molecule has 1 heterocycles. The third-order valence-corrected chi connectivity index (χ3v) is 5.75. The fourth-order valence-corrected chi connectivity index (χ4v) is 4.24. The zero-order valence-electron chi connectivity index (χ0n) is 19.4. The summed E-state index contributed by atoms with van der Waals surface area (Å²) in [6.07, 6.45) is 2.98. The van der Waals surface area contributed by atoms with Gasteiger partial charge in [-0.3, -0.25) is 9.59 Å². The van der Waals surface area contributed by atoms with Crippen molar-refractivity contribution in [1.29, 1.82) is 0 Å². The van der Waals surface area contributed by atoms with E-state index in [2.05, 4.69) is 5.32 Å². The average Bonchev–Trinajstić information content (AvgIpc) is 3.24. The van der Waals surface area contributed by atoms with E-state index in [1.807, 2.05) is 12.1 Å². The Balaban J connectivity index is 1.85. The molecule has 1 aliphatic heterocycles. The molecule has 8 nitrogen and oxygen atoms in total. The number of nitrogens with one attached hydrogen (secondary N) is 1. The number of fused-ring (bicyclic) bond motifs is 1. The molecule has 1 aliphatic carbocycles. The number of ether oxygens (including phenoxy) is 3. The number of ketones is 1. The van der Waals surface area contributed by atoms with E-state index in [1.54, 1.807) is 33.8 Å². The van der Waals surface area contributed by atoms with Gasteiger partial charge in [-0.15, -0.1) is 0 Å². The van der Waals surface area contributed by atoms with Crippen molar-refractivity contribution in [3.8, 4) is 0 Å². The Morgan fingerprint density at radius 1 is 0.879 bits per heavy atom. The van der Waals surface area contributed by atoms with Gasteiger partial charge in [0, 0.05) is 17.0 Å². The maximum atomic E-state index is 13.2. The SMILES string of the molecule is CCOC(=O)C1=C(C)NC(C)=C(C(=O)OCC)C1C(=O)OCC(=O)c1ccc2c(c1)CCC2. The van der Waals surface area contributed by atoms with E-state index in [9.17, 15) is 19.2 Å².